The minimum Gasteiger partial charge on any atom is -0.491 e. The van der Waals surface area contributed by atoms with Crippen molar-refractivity contribution in [3.8, 4) is 5.75 Å². The third-order valence-electron chi connectivity index (χ3n) is 3.49. The Kier molecular flexibility index (Phi) is 3.62. The van der Waals surface area contributed by atoms with Crippen molar-refractivity contribution in [3.63, 3.8) is 0 Å². The van der Waals surface area contributed by atoms with E-state index in [0.29, 0.717) is 18.7 Å². The van der Waals surface area contributed by atoms with Crippen LogP contribution in [0.4, 0.5) is 0 Å². The fraction of sp³-hybridized carbons (Fsp3) is 0.400. The van der Waals surface area contributed by atoms with Crippen LogP contribution in [0.1, 0.15) is 19.8 Å². The fourth-order valence-corrected chi connectivity index (χ4v) is 2.50. The number of benzene rings is 1. The molecule has 3 rings (SSSR count). The van der Waals surface area contributed by atoms with Crippen LogP contribution >= 0.6 is 0 Å². The van der Waals surface area contributed by atoms with Gasteiger partial charge >= 0.3 is 0 Å². The molecule has 2 heterocycles. The van der Waals surface area contributed by atoms with Crippen LogP contribution in [0.25, 0.3) is 10.9 Å². The zero-order valence-corrected chi connectivity index (χ0v) is 11.1. The van der Waals surface area contributed by atoms with Crippen LogP contribution in [0.2, 0.25) is 0 Å². The highest BCUT2D eigenvalue weighted by Crippen LogP contribution is 2.23. The van der Waals surface area contributed by atoms with Crippen LogP contribution in [0.3, 0.4) is 0 Å². The van der Waals surface area contributed by atoms with Crippen molar-refractivity contribution in [2.24, 2.45) is 0 Å². The lowest BCUT2D eigenvalue weighted by molar-refractivity contribution is 0.292. The maximum atomic E-state index is 5.89. The second kappa shape index (κ2) is 5.55. The number of hydrazine groups is 1. The number of aromatic nitrogens is 1. The van der Waals surface area contributed by atoms with Crippen molar-refractivity contribution in [2.45, 2.75) is 31.8 Å². The van der Waals surface area contributed by atoms with E-state index in [1.54, 1.807) is 6.20 Å². The zero-order valence-electron chi connectivity index (χ0n) is 11.1. The van der Waals surface area contributed by atoms with E-state index in [2.05, 4.69) is 34.9 Å². The van der Waals surface area contributed by atoms with Gasteiger partial charge in [0.1, 0.15) is 11.3 Å². The molecule has 0 spiro atoms. The highest BCUT2D eigenvalue weighted by atomic mass is 16.5. The predicted molar refractivity (Wildman–Crippen MR) is 76.0 cm³/mol. The highest BCUT2D eigenvalue weighted by Gasteiger charge is 2.19. The average molecular weight is 257 g/mol. The normalized spacial score (nSPS) is 22.8. The molecule has 2 unspecified atom stereocenters. The van der Waals surface area contributed by atoms with Gasteiger partial charge in [0.05, 0.1) is 6.61 Å². The first-order chi connectivity index (χ1) is 9.33. The summed E-state index contributed by atoms with van der Waals surface area (Å²) in [6.07, 6.45) is 3.96. The van der Waals surface area contributed by atoms with E-state index < -0.39 is 0 Å². The molecular formula is C15H19N3O. The van der Waals surface area contributed by atoms with Gasteiger partial charge in [-0.1, -0.05) is 18.2 Å². The molecule has 1 aromatic heterocycles. The molecule has 1 aliphatic rings. The third kappa shape index (κ3) is 2.85. The van der Waals surface area contributed by atoms with E-state index in [1.165, 1.54) is 0 Å². The second-order valence-electron chi connectivity index (χ2n) is 5.09. The minimum atomic E-state index is 0.498. The summed E-state index contributed by atoms with van der Waals surface area (Å²) in [4.78, 5) is 4.39. The maximum absolute atomic E-state index is 5.89. The molecule has 1 fully saturated rings. The molecule has 1 aromatic carbocycles. The van der Waals surface area contributed by atoms with Crippen LogP contribution in [-0.2, 0) is 0 Å². The Balaban J connectivity index is 1.62. The number of fused-ring (bicyclic) bond motifs is 1. The molecule has 0 aliphatic carbocycles. The Morgan fingerprint density at radius 3 is 3.00 bits per heavy atom. The van der Waals surface area contributed by atoms with Gasteiger partial charge in [-0.15, -0.1) is 0 Å². The SMILES string of the molecule is CC1CC(CCOc2cccc3cccnc23)NN1. The molecule has 2 N–H and O–H groups in total. The molecule has 0 bridgehead atoms. The highest BCUT2D eigenvalue weighted by molar-refractivity contribution is 5.84. The van der Waals surface area contributed by atoms with E-state index in [9.17, 15) is 0 Å². The summed E-state index contributed by atoms with van der Waals surface area (Å²) in [6, 6.07) is 11.1. The third-order valence-corrected chi connectivity index (χ3v) is 3.49. The van der Waals surface area contributed by atoms with E-state index in [0.717, 1.165) is 29.5 Å². The topological polar surface area (TPSA) is 46.2 Å². The van der Waals surface area contributed by atoms with E-state index in [4.69, 9.17) is 4.74 Å². The van der Waals surface area contributed by atoms with Gasteiger partial charge in [-0.3, -0.25) is 15.8 Å². The molecule has 1 aliphatic heterocycles. The lowest BCUT2D eigenvalue weighted by atomic mass is 10.1. The smallest absolute Gasteiger partial charge is 0.145 e. The molecule has 0 amide bonds. The van der Waals surface area contributed by atoms with Crippen molar-refractivity contribution in [2.75, 3.05) is 6.61 Å². The summed E-state index contributed by atoms with van der Waals surface area (Å²) in [5, 5.41) is 1.12. The Morgan fingerprint density at radius 2 is 2.16 bits per heavy atom. The molecule has 19 heavy (non-hydrogen) atoms. The molecule has 1 saturated heterocycles. The summed E-state index contributed by atoms with van der Waals surface area (Å²) in [7, 11) is 0. The standard InChI is InChI=1S/C15H19N3O/c1-11-10-13(18-17-11)7-9-19-14-6-2-4-12-5-3-8-16-15(12)14/h2-6,8,11,13,17-18H,7,9-10H2,1H3. The lowest BCUT2D eigenvalue weighted by Gasteiger charge is -2.11. The number of nitrogens with zero attached hydrogens (tertiary/aromatic N) is 1. The van der Waals surface area contributed by atoms with Crippen LogP contribution < -0.4 is 15.6 Å². The van der Waals surface area contributed by atoms with Gasteiger partial charge < -0.3 is 4.74 Å². The van der Waals surface area contributed by atoms with Crippen molar-refractivity contribution < 1.29 is 4.74 Å². The van der Waals surface area contributed by atoms with Gasteiger partial charge in [0, 0.05) is 23.7 Å². The fourth-order valence-electron chi connectivity index (χ4n) is 2.50. The van der Waals surface area contributed by atoms with E-state index in [1.807, 2.05) is 18.2 Å². The molecule has 2 atom stereocenters. The van der Waals surface area contributed by atoms with Gasteiger partial charge in [-0.25, -0.2) is 0 Å². The van der Waals surface area contributed by atoms with Crippen molar-refractivity contribution in [3.05, 3.63) is 36.5 Å². The van der Waals surface area contributed by atoms with Gasteiger partial charge in [-0.2, -0.15) is 0 Å². The Morgan fingerprint density at radius 1 is 1.26 bits per heavy atom. The monoisotopic (exact) mass is 257 g/mol. The first-order valence-corrected chi connectivity index (χ1v) is 6.80. The molecule has 100 valence electrons. The van der Waals surface area contributed by atoms with Crippen molar-refractivity contribution in [1.29, 1.82) is 0 Å². The first-order valence-electron chi connectivity index (χ1n) is 6.80. The van der Waals surface area contributed by atoms with Gasteiger partial charge in [0.2, 0.25) is 0 Å². The zero-order chi connectivity index (χ0) is 13.1. The van der Waals surface area contributed by atoms with Gasteiger partial charge in [0.25, 0.3) is 0 Å². The minimum absolute atomic E-state index is 0.498. The molecule has 4 nitrogen and oxygen atoms in total. The quantitative estimate of drug-likeness (QED) is 0.882. The summed E-state index contributed by atoms with van der Waals surface area (Å²) >= 11 is 0. The lowest BCUT2D eigenvalue weighted by Crippen LogP contribution is -2.33. The van der Waals surface area contributed by atoms with Crippen LogP contribution in [-0.4, -0.2) is 23.7 Å². The first kappa shape index (κ1) is 12.4. The Hall–Kier alpha value is -1.65. The number of nitrogens with one attached hydrogen (secondary N) is 2. The number of rotatable bonds is 4. The number of pyridine rings is 1. The number of hydrogen-bond donors (Lipinski definition) is 2. The molecule has 0 radical (unpaired) electrons. The predicted octanol–water partition coefficient (Wildman–Crippen LogP) is 2.26. The largest absolute Gasteiger partial charge is 0.491 e. The van der Waals surface area contributed by atoms with Crippen LogP contribution in [0, 0.1) is 0 Å². The van der Waals surface area contributed by atoms with Crippen molar-refractivity contribution in [1.82, 2.24) is 15.8 Å². The summed E-state index contributed by atoms with van der Waals surface area (Å²) < 4.78 is 5.89. The average Bonchev–Trinajstić information content (AvgIpc) is 2.85. The Labute approximate surface area is 113 Å². The van der Waals surface area contributed by atoms with Gasteiger partial charge in [-0.05, 0) is 31.9 Å². The van der Waals surface area contributed by atoms with E-state index >= 15 is 0 Å². The molecule has 4 heteroatoms. The summed E-state index contributed by atoms with van der Waals surface area (Å²) in [5.41, 5.74) is 7.45. The van der Waals surface area contributed by atoms with Crippen LogP contribution in [0.5, 0.6) is 5.75 Å². The Bertz CT molecular complexity index is 553. The van der Waals surface area contributed by atoms with Crippen LogP contribution in [0.15, 0.2) is 36.5 Å². The van der Waals surface area contributed by atoms with Crippen molar-refractivity contribution >= 4 is 10.9 Å². The number of hydrogen-bond acceptors (Lipinski definition) is 4. The number of ether oxygens (including phenoxy) is 1. The van der Waals surface area contributed by atoms with E-state index in [-0.39, 0.29) is 0 Å². The number of para-hydroxylation sites is 1. The molecule has 0 saturated carbocycles. The summed E-state index contributed by atoms with van der Waals surface area (Å²) in [5.74, 6) is 0.872. The maximum Gasteiger partial charge on any atom is 0.145 e. The van der Waals surface area contributed by atoms with Gasteiger partial charge in [0.15, 0.2) is 0 Å². The molecule has 2 aromatic rings. The molecular weight excluding hydrogens is 238 g/mol. The summed E-state index contributed by atoms with van der Waals surface area (Å²) in [6.45, 7) is 2.89. The second-order valence-corrected chi connectivity index (χ2v) is 5.09.